The summed E-state index contributed by atoms with van der Waals surface area (Å²) in [4.78, 5) is 4.41. The first-order valence-corrected chi connectivity index (χ1v) is 6.81. The van der Waals surface area contributed by atoms with Gasteiger partial charge in [0.2, 0.25) is 0 Å². The van der Waals surface area contributed by atoms with E-state index in [0.717, 1.165) is 12.8 Å². The molecule has 1 aromatic carbocycles. The number of guanidine groups is 1. The highest BCUT2D eigenvalue weighted by Crippen LogP contribution is 2.43. The SMILES string of the molecule is CC1(c2ccccc2)CC(NC(N)=NC2CC2)C1. The van der Waals surface area contributed by atoms with Gasteiger partial charge in [-0.25, -0.2) is 0 Å². The standard InChI is InChI=1S/C15H21N3/c1-15(11-5-3-2-4-6-11)9-13(10-15)18-14(16)17-12-7-8-12/h2-6,12-13H,7-10H2,1H3,(H3,16,17,18). The molecule has 2 aliphatic carbocycles. The maximum atomic E-state index is 5.89. The predicted octanol–water partition coefficient (Wildman–Crippen LogP) is 2.17. The van der Waals surface area contributed by atoms with E-state index in [9.17, 15) is 0 Å². The molecule has 0 aromatic heterocycles. The monoisotopic (exact) mass is 243 g/mol. The first-order chi connectivity index (χ1) is 8.66. The number of hydrogen-bond acceptors (Lipinski definition) is 1. The summed E-state index contributed by atoms with van der Waals surface area (Å²) in [7, 11) is 0. The van der Waals surface area contributed by atoms with Crippen molar-refractivity contribution in [3.8, 4) is 0 Å². The van der Waals surface area contributed by atoms with Crippen LogP contribution >= 0.6 is 0 Å². The Kier molecular flexibility index (Phi) is 2.77. The maximum absolute atomic E-state index is 5.89. The highest BCUT2D eigenvalue weighted by molar-refractivity contribution is 5.78. The van der Waals surface area contributed by atoms with E-state index in [4.69, 9.17) is 5.73 Å². The average molecular weight is 243 g/mol. The summed E-state index contributed by atoms with van der Waals surface area (Å²) in [6.45, 7) is 2.33. The molecule has 2 saturated carbocycles. The second-order valence-corrected chi connectivity index (χ2v) is 5.92. The molecule has 3 rings (SSSR count). The number of hydrogen-bond donors (Lipinski definition) is 2. The van der Waals surface area contributed by atoms with Crippen LogP contribution in [0.4, 0.5) is 0 Å². The van der Waals surface area contributed by atoms with E-state index in [1.165, 1.54) is 18.4 Å². The Hall–Kier alpha value is -1.51. The number of benzene rings is 1. The summed E-state index contributed by atoms with van der Waals surface area (Å²) < 4.78 is 0. The van der Waals surface area contributed by atoms with Crippen molar-refractivity contribution in [3.05, 3.63) is 35.9 Å². The van der Waals surface area contributed by atoms with E-state index < -0.39 is 0 Å². The van der Waals surface area contributed by atoms with Crippen LogP contribution in [0.15, 0.2) is 35.3 Å². The summed E-state index contributed by atoms with van der Waals surface area (Å²) in [5.41, 5.74) is 7.63. The first-order valence-electron chi connectivity index (χ1n) is 6.81. The quantitative estimate of drug-likeness (QED) is 0.631. The molecule has 0 heterocycles. The fourth-order valence-electron chi connectivity index (χ4n) is 2.85. The molecule has 3 nitrogen and oxygen atoms in total. The molecule has 0 spiro atoms. The lowest BCUT2D eigenvalue weighted by Gasteiger charge is -2.46. The lowest BCUT2D eigenvalue weighted by molar-refractivity contribution is 0.209. The summed E-state index contributed by atoms with van der Waals surface area (Å²) in [6.07, 6.45) is 4.68. The summed E-state index contributed by atoms with van der Waals surface area (Å²) >= 11 is 0. The molecule has 0 aliphatic heterocycles. The lowest BCUT2D eigenvalue weighted by Crippen LogP contribution is -2.53. The Bertz CT molecular complexity index is 442. The van der Waals surface area contributed by atoms with Gasteiger partial charge < -0.3 is 11.1 Å². The topological polar surface area (TPSA) is 50.4 Å². The Morgan fingerprint density at radius 3 is 2.56 bits per heavy atom. The second-order valence-electron chi connectivity index (χ2n) is 5.92. The van der Waals surface area contributed by atoms with Crippen molar-refractivity contribution in [1.29, 1.82) is 0 Å². The zero-order valence-electron chi connectivity index (χ0n) is 10.9. The van der Waals surface area contributed by atoms with Gasteiger partial charge in [-0.15, -0.1) is 0 Å². The van der Waals surface area contributed by atoms with E-state index >= 15 is 0 Å². The van der Waals surface area contributed by atoms with Gasteiger partial charge in [-0.1, -0.05) is 37.3 Å². The zero-order chi connectivity index (χ0) is 12.6. The minimum atomic E-state index is 0.304. The van der Waals surface area contributed by atoms with E-state index in [1.807, 2.05) is 0 Å². The number of rotatable bonds is 3. The van der Waals surface area contributed by atoms with Crippen LogP contribution < -0.4 is 11.1 Å². The van der Waals surface area contributed by atoms with E-state index in [1.54, 1.807) is 0 Å². The zero-order valence-corrected chi connectivity index (χ0v) is 10.9. The molecule has 0 unspecified atom stereocenters. The Labute approximate surface area is 108 Å². The summed E-state index contributed by atoms with van der Waals surface area (Å²) in [6, 6.07) is 11.7. The molecular formula is C15H21N3. The molecule has 3 N–H and O–H groups in total. The van der Waals surface area contributed by atoms with Gasteiger partial charge >= 0.3 is 0 Å². The van der Waals surface area contributed by atoms with E-state index in [-0.39, 0.29) is 0 Å². The van der Waals surface area contributed by atoms with Crippen molar-refractivity contribution in [2.24, 2.45) is 10.7 Å². The fourth-order valence-corrected chi connectivity index (χ4v) is 2.85. The van der Waals surface area contributed by atoms with E-state index in [0.29, 0.717) is 23.5 Å². The van der Waals surface area contributed by atoms with Crippen LogP contribution in [-0.4, -0.2) is 18.0 Å². The molecule has 18 heavy (non-hydrogen) atoms. The molecule has 2 fully saturated rings. The third-order valence-electron chi connectivity index (χ3n) is 4.09. The van der Waals surface area contributed by atoms with Crippen molar-refractivity contribution in [1.82, 2.24) is 5.32 Å². The number of aliphatic imine (C=N–C) groups is 1. The highest BCUT2D eigenvalue weighted by Gasteiger charge is 2.41. The molecule has 0 bridgehead atoms. The molecule has 0 atom stereocenters. The van der Waals surface area contributed by atoms with E-state index in [2.05, 4.69) is 47.6 Å². The van der Waals surface area contributed by atoms with Gasteiger partial charge in [0, 0.05) is 6.04 Å². The summed E-state index contributed by atoms with van der Waals surface area (Å²) in [5, 5.41) is 3.34. The molecule has 0 radical (unpaired) electrons. The second kappa shape index (κ2) is 4.30. The van der Waals surface area contributed by atoms with Crippen LogP contribution in [-0.2, 0) is 5.41 Å². The Morgan fingerprint density at radius 1 is 1.28 bits per heavy atom. The third-order valence-corrected chi connectivity index (χ3v) is 4.09. The number of nitrogens with one attached hydrogen (secondary N) is 1. The van der Waals surface area contributed by atoms with Crippen molar-refractivity contribution in [3.63, 3.8) is 0 Å². The van der Waals surface area contributed by atoms with Gasteiger partial charge in [-0.3, -0.25) is 4.99 Å². The van der Waals surface area contributed by atoms with Crippen LogP contribution in [0.3, 0.4) is 0 Å². The predicted molar refractivity (Wildman–Crippen MR) is 74.6 cm³/mol. The average Bonchev–Trinajstić information content (AvgIpc) is 3.12. The Balaban J connectivity index is 1.56. The largest absolute Gasteiger partial charge is 0.370 e. The number of nitrogens with two attached hydrogens (primary N) is 1. The first kappa shape index (κ1) is 11.6. The van der Waals surface area contributed by atoms with Crippen molar-refractivity contribution in [2.45, 2.75) is 50.1 Å². The van der Waals surface area contributed by atoms with Crippen molar-refractivity contribution < 1.29 is 0 Å². The van der Waals surface area contributed by atoms with Crippen LogP contribution in [0.2, 0.25) is 0 Å². The van der Waals surface area contributed by atoms with Crippen LogP contribution in [0.5, 0.6) is 0 Å². The van der Waals surface area contributed by atoms with Gasteiger partial charge in [-0.05, 0) is 36.7 Å². The normalized spacial score (nSPS) is 31.8. The smallest absolute Gasteiger partial charge is 0.189 e. The molecule has 96 valence electrons. The van der Waals surface area contributed by atoms with Gasteiger partial charge in [-0.2, -0.15) is 0 Å². The number of nitrogens with zero attached hydrogens (tertiary/aromatic N) is 1. The van der Waals surface area contributed by atoms with Gasteiger partial charge in [0.15, 0.2) is 5.96 Å². The molecule has 0 saturated heterocycles. The summed E-state index contributed by atoms with van der Waals surface area (Å²) in [5.74, 6) is 0.637. The lowest BCUT2D eigenvalue weighted by atomic mass is 9.63. The van der Waals surface area contributed by atoms with Crippen LogP contribution in [0.25, 0.3) is 0 Å². The van der Waals surface area contributed by atoms with Crippen LogP contribution in [0, 0.1) is 0 Å². The fraction of sp³-hybridized carbons (Fsp3) is 0.533. The maximum Gasteiger partial charge on any atom is 0.189 e. The van der Waals surface area contributed by atoms with Crippen LogP contribution in [0.1, 0.15) is 38.2 Å². The van der Waals surface area contributed by atoms with Gasteiger partial charge in [0.1, 0.15) is 0 Å². The molecule has 0 amide bonds. The third kappa shape index (κ3) is 2.35. The molecular weight excluding hydrogens is 222 g/mol. The van der Waals surface area contributed by atoms with Crippen molar-refractivity contribution in [2.75, 3.05) is 0 Å². The van der Waals surface area contributed by atoms with Crippen molar-refractivity contribution >= 4 is 5.96 Å². The minimum absolute atomic E-state index is 0.304. The molecule has 3 heteroatoms. The molecule has 1 aromatic rings. The highest BCUT2D eigenvalue weighted by atomic mass is 15.1. The minimum Gasteiger partial charge on any atom is -0.370 e. The Morgan fingerprint density at radius 2 is 1.94 bits per heavy atom. The molecule has 2 aliphatic rings. The van der Waals surface area contributed by atoms with Gasteiger partial charge in [0.25, 0.3) is 0 Å². The van der Waals surface area contributed by atoms with Gasteiger partial charge in [0.05, 0.1) is 6.04 Å².